The maximum Gasteiger partial charge on any atom is 0.355 e. The molecule has 28 heavy (non-hydrogen) atoms. The number of benzene rings is 2. The topological polar surface area (TPSA) is 79.3 Å². The molecular weight excluding hydrogens is 426 g/mol. The van der Waals surface area contributed by atoms with Gasteiger partial charge in [0.25, 0.3) is 5.91 Å². The minimum atomic E-state index is -1.01. The summed E-state index contributed by atoms with van der Waals surface area (Å²) < 4.78 is 5.64. The molecule has 2 aliphatic rings. The SMILES string of the molecule is COC(=O)C1=NN(c2ccccc2C)[C@H]2C(=O)N(c3ccc(Br)cc3)C(=O)[C@H]12. The van der Waals surface area contributed by atoms with Crippen LogP contribution >= 0.6 is 15.9 Å². The molecule has 0 N–H and O–H groups in total. The van der Waals surface area contributed by atoms with E-state index in [1.165, 1.54) is 12.1 Å². The van der Waals surface area contributed by atoms with Gasteiger partial charge in [-0.1, -0.05) is 34.1 Å². The number of fused-ring (bicyclic) bond motifs is 1. The van der Waals surface area contributed by atoms with Gasteiger partial charge < -0.3 is 4.74 Å². The number of carbonyl (C=O) groups is 3. The Kier molecular flexibility index (Phi) is 4.50. The Morgan fingerprint density at radius 2 is 1.75 bits per heavy atom. The van der Waals surface area contributed by atoms with Gasteiger partial charge in [0.1, 0.15) is 12.0 Å². The molecule has 1 fully saturated rings. The number of hydrogen-bond donors (Lipinski definition) is 0. The quantitative estimate of drug-likeness (QED) is 0.540. The number of hydrazone groups is 1. The highest BCUT2D eigenvalue weighted by Gasteiger charge is 2.59. The first-order valence-corrected chi connectivity index (χ1v) is 9.38. The summed E-state index contributed by atoms with van der Waals surface area (Å²) in [6.45, 7) is 1.88. The number of aryl methyl sites for hydroxylation is 1. The number of amides is 2. The summed E-state index contributed by atoms with van der Waals surface area (Å²) in [6, 6.07) is 13.3. The molecule has 7 nitrogen and oxygen atoms in total. The molecule has 2 atom stereocenters. The van der Waals surface area contributed by atoms with Gasteiger partial charge in [0.15, 0.2) is 5.71 Å². The average Bonchev–Trinajstić information content (AvgIpc) is 3.20. The Bertz CT molecular complexity index is 1020. The maximum atomic E-state index is 13.3. The predicted molar refractivity (Wildman–Crippen MR) is 107 cm³/mol. The molecule has 1 saturated heterocycles. The molecule has 0 aromatic heterocycles. The normalized spacial score (nSPS) is 21.0. The number of nitrogens with zero attached hydrogens (tertiary/aromatic N) is 3. The summed E-state index contributed by atoms with van der Waals surface area (Å²) in [6.07, 6.45) is 0. The lowest BCUT2D eigenvalue weighted by atomic mass is 9.97. The molecule has 0 bridgehead atoms. The van der Waals surface area contributed by atoms with Crippen LogP contribution < -0.4 is 9.91 Å². The zero-order valence-electron chi connectivity index (χ0n) is 15.1. The second-order valence-corrected chi connectivity index (χ2v) is 7.43. The van der Waals surface area contributed by atoms with Gasteiger partial charge in [-0.05, 0) is 42.8 Å². The number of methoxy groups -OCH3 is 1. The molecule has 2 aliphatic heterocycles. The Balaban J connectivity index is 1.82. The van der Waals surface area contributed by atoms with Crippen LogP contribution in [0.3, 0.4) is 0 Å². The third-order valence-corrected chi connectivity index (χ3v) is 5.42. The summed E-state index contributed by atoms with van der Waals surface area (Å²) in [5.74, 6) is -2.64. The molecule has 2 amide bonds. The Morgan fingerprint density at radius 3 is 2.39 bits per heavy atom. The van der Waals surface area contributed by atoms with E-state index in [4.69, 9.17) is 4.74 Å². The maximum absolute atomic E-state index is 13.3. The van der Waals surface area contributed by atoms with E-state index in [0.29, 0.717) is 11.4 Å². The number of carbonyl (C=O) groups excluding carboxylic acids is 3. The van der Waals surface area contributed by atoms with Crippen molar-refractivity contribution in [3.63, 3.8) is 0 Å². The lowest BCUT2D eigenvalue weighted by Gasteiger charge is -2.23. The smallest absolute Gasteiger partial charge is 0.355 e. The van der Waals surface area contributed by atoms with Crippen LogP contribution in [0.1, 0.15) is 5.56 Å². The fourth-order valence-electron chi connectivity index (χ4n) is 3.55. The van der Waals surface area contributed by atoms with Gasteiger partial charge in [-0.2, -0.15) is 5.10 Å². The van der Waals surface area contributed by atoms with Crippen molar-refractivity contribution in [2.24, 2.45) is 11.0 Å². The predicted octanol–water partition coefficient (Wildman–Crippen LogP) is 2.66. The lowest BCUT2D eigenvalue weighted by molar-refractivity contribution is -0.133. The summed E-state index contributed by atoms with van der Waals surface area (Å²) in [4.78, 5) is 39.8. The zero-order valence-corrected chi connectivity index (χ0v) is 16.7. The van der Waals surface area contributed by atoms with Gasteiger partial charge in [-0.15, -0.1) is 0 Å². The standard InChI is InChI=1S/C20H16BrN3O4/c1-11-5-3-4-6-14(11)24-17-15(16(22-24)20(27)28-2)18(25)23(19(17)26)13-9-7-12(21)8-10-13/h3-10,15,17H,1-2H3/t15-,17-/m1/s1. The zero-order chi connectivity index (χ0) is 20.0. The van der Waals surface area contributed by atoms with Crippen LogP contribution in [0.4, 0.5) is 11.4 Å². The number of esters is 1. The van der Waals surface area contributed by atoms with Crippen molar-refractivity contribution in [2.75, 3.05) is 17.0 Å². The van der Waals surface area contributed by atoms with Crippen molar-refractivity contribution in [1.29, 1.82) is 0 Å². The van der Waals surface area contributed by atoms with Crippen molar-refractivity contribution in [3.8, 4) is 0 Å². The van der Waals surface area contributed by atoms with E-state index in [1.807, 2.05) is 25.1 Å². The van der Waals surface area contributed by atoms with Crippen molar-refractivity contribution in [2.45, 2.75) is 13.0 Å². The number of ether oxygens (including phenoxy) is 1. The fraction of sp³-hybridized carbons (Fsp3) is 0.200. The molecule has 8 heteroatoms. The number of halogens is 1. The van der Waals surface area contributed by atoms with E-state index in [0.717, 1.165) is 14.9 Å². The van der Waals surface area contributed by atoms with Crippen LogP contribution in [0.5, 0.6) is 0 Å². The van der Waals surface area contributed by atoms with Crippen LogP contribution in [0.15, 0.2) is 58.1 Å². The molecule has 0 unspecified atom stereocenters. The van der Waals surface area contributed by atoms with E-state index in [9.17, 15) is 14.4 Å². The fourth-order valence-corrected chi connectivity index (χ4v) is 3.82. The number of anilines is 2. The van der Waals surface area contributed by atoms with E-state index in [2.05, 4.69) is 21.0 Å². The number of para-hydroxylation sites is 1. The third kappa shape index (κ3) is 2.72. The van der Waals surface area contributed by atoms with E-state index in [-0.39, 0.29) is 5.71 Å². The lowest BCUT2D eigenvalue weighted by Crippen LogP contribution is -2.39. The summed E-state index contributed by atoms with van der Waals surface area (Å²) >= 11 is 3.34. The van der Waals surface area contributed by atoms with Gasteiger partial charge in [0.05, 0.1) is 18.5 Å². The van der Waals surface area contributed by atoms with Gasteiger partial charge in [0.2, 0.25) is 5.91 Å². The van der Waals surface area contributed by atoms with Crippen molar-refractivity contribution in [3.05, 3.63) is 58.6 Å². The number of imide groups is 1. The second kappa shape index (κ2) is 6.87. The second-order valence-electron chi connectivity index (χ2n) is 6.52. The van der Waals surface area contributed by atoms with Gasteiger partial charge >= 0.3 is 5.97 Å². The van der Waals surface area contributed by atoms with Crippen LogP contribution in [0.2, 0.25) is 0 Å². The van der Waals surface area contributed by atoms with Crippen molar-refractivity contribution >= 4 is 50.8 Å². The van der Waals surface area contributed by atoms with Gasteiger partial charge in [-0.3, -0.25) is 14.6 Å². The molecule has 142 valence electrons. The van der Waals surface area contributed by atoms with Crippen LogP contribution in [0, 0.1) is 12.8 Å². The molecule has 0 spiro atoms. The largest absolute Gasteiger partial charge is 0.464 e. The Hall–Kier alpha value is -3.00. The number of rotatable bonds is 3. The van der Waals surface area contributed by atoms with Crippen LogP contribution in [-0.4, -0.2) is 36.6 Å². The van der Waals surface area contributed by atoms with Gasteiger partial charge in [-0.25, -0.2) is 9.69 Å². The summed E-state index contributed by atoms with van der Waals surface area (Å²) in [5, 5.41) is 5.78. The van der Waals surface area contributed by atoms with E-state index < -0.39 is 29.7 Å². The molecule has 2 aromatic carbocycles. The first-order chi connectivity index (χ1) is 13.4. The summed E-state index contributed by atoms with van der Waals surface area (Å²) in [7, 11) is 1.23. The van der Waals surface area contributed by atoms with Crippen LogP contribution in [-0.2, 0) is 19.1 Å². The number of hydrogen-bond acceptors (Lipinski definition) is 6. The van der Waals surface area contributed by atoms with Crippen molar-refractivity contribution in [1.82, 2.24) is 0 Å². The molecule has 2 heterocycles. The molecule has 4 rings (SSSR count). The highest BCUT2D eigenvalue weighted by atomic mass is 79.9. The summed E-state index contributed by atoms with van der Waals surface area (Å²) in [5.41, 5.74) is 1.92. The van der Waals surface area contributed by atoms with Gasteiger partial charge in [0, 0.05) is 4.47 Å². The van der Waals surface area contributed by atoms with Crippen LogP contribution in [0.25, 0.3) is 0 Å². The molecule has 2 aromatic rings. The van der Waals surface area contributed by atoms with E-state index in [1.54, 1.807) is 30.3 Å². The first kappa shape index (κ1) is 18.4. The highest BCUT2D eigenvalue weighted by Crippen LogP contribution is 2.39. The minimum absolute atomic E-state index is 0.0614. The molecule has 0 saturated carbocycles. The first-order valence-electron chi connectivity index (χ1n) is 8.59. The average molecular weight is 442 g/mol. The van der Waals surface area contributed by atoms with Crippen molar-refractivity contribution < 1.29 is 19.1 Å². The monoisotopic (exact) mass is 441 g/mol. The molecule has 0 radical (unpaired) electrons. The minimum Gasteiger partial charge on any atom is -0.464 e. The third-order valence-electron chi connectivity index (χ3n) is 4.89. The Labute approximate surface area is 169 Å². The Morgan fingerprint density at radius 1 is 1.07 bits per heavy atom. The molecular formula is C20H16BrN3O4. The van der Waals surface area contributed by atoms with E-state index >= 15 is 0 Å². The highest BCUT2D eigenvalue weighted by molar-refractivity contribution is 9.10. The molecule has 0 aliphatic carbocycles.